The summed E-state index contributed by atoms with van der Waals surface area (Å²) in [7, 11) is 0. The van der Waals surface area contributed by atoms with Crippen LogP contribution in [0.2, 0.25) is 0 Å². The van der Waals surface area contributed by atoms with E-state index in [2.05, 4.69) is 20.9 Å². The second-order valence-electron chi connectivity index (χ2n) is 5.32. The number of amides is 2. The first-order valence-corrected chi connectivity index (χ1v) is 7.72. The lowest BCUT2D eigenvalue weighted by molar-refractivity contribution is -0.124. The van der Waals surface area contributed by atoms with Crippen LogP contribution in [0.15, 0.2) is 4.99 Å². The molecule has 8 nitrogen and oxygen atoms in total. The van der Waals surface area contributed by atoms with Crippen molar-refractivity contribution >= 4 is 17.8 Å². The summed E-state index contributed by atoms with van der Waals surface area (Å²) in [5.74, 6) is -0.0445. The predicted octanol–water partition coefficient (Wildman–Crippen LogP) is -0.951. The summed E-state index contributed by atoms with van der Waals surface area (Å²) in [6.07, 6.45) is 1.79. The number of hydrogen-bond acceptors (Lipinski definition) is 4. The molecule has 128 valence electrons. The molecule has 0 unspecified atom stereocenters. The fourth-order valence-corrected chi connectivity index (χ4v) is 1.83. The Bertz CT molecular complexity index is 366. The van der Waals surface area contributed by atoms with Gasteiger partial charge in [-0.1, -0.05) is 20.8 Å². The smallest absolute Gasteiger partial charge is 0.237 e. The van der Waals surface area contributed by atoms with Crippen LogP contribution >= 0.6 is 0 Å². The zero-order valence-corrected chi connectivity index (χ0v) is 13.8. The Hall–Kier alpha value is -1.83. The van der Waals surface area contributed by atoms with Gasteiger partial charge in [-0.15, -0.1) is 0 Å². The van der Waals surface area contributed by atoms with Crippen LogP contribution in [-0.4, -0.2) is 49.5 Å². The molecule has 0 aliphatic heterocycles. The standard InChI is InChI=1S/C14H30N6O2/c1-4-12(21)17-8-9-18-13(22)11(20-10(2)3)6-5-7-19-14(15)16/h10-11,20H,4-9H2,1-3H3,(H,17,21)(H,18,22)(H4,15,16,19)/t11-/m0/s1. The third-order valence-electron chi connectivity index (χ3n) is 2.86. The highest BCUT2D eigenvalue weighted by Gasteiger charge is 2.18. The molecule has 2 amide bonds. The summed E-state index contributed by atoms with van der Waals surface area (Å²) in [5.41, 5.74) is 10.5. The molecule has 0 spiro atoms. The second kappa shape index (κ2) is 11.8. The van der Waals surface area contributed by atoms with Gasteiger partial charge in [0.2, 0.25) is 11.8 Å². The van der Waals surface area contributed by atoms with Gasteiger partial charge in [0, 0.05) is 32.1 Å². The molecule has 8 heteroatoms. The van der Waals surface area contributed by atoms with Gasteiger partial charge in [0.05, 0.1) is 6.04 Å². The van der Waals surface area contributed by atoms with Crippen LogP contribution in [0.5, 0.6) is 0 Å². The Balaban J connectivity index is 4.15. The highest BCUT2D eigenvalue weighted by molar-refractivity contribution is 5.82. The number of carbonyl (C=O) groups is 2. The van der Waals surface area contributed by atoms with Crippen LogP contribution in [0, 0.1) is 0 Å². The van der Waals surface area contributed by atoms with Crippen LogP contribution in [0.4, 0.5) is 0 Å². The van der Waals surface area contributed by atoms with E-state index < -0.39 is 0 Å². The monoisotopic (exact) mass is 314 g/mol. The van der Waals surface area contributed by atoms with Crippen molar-refractivity contribution in [3.8, 4) is 0 Å². The van der Waals surface area contributed by atoms with Crippen molar-refractivity contribution in [3.05, 3.63) is 0 Å². The predicted molar refractivity (Wildman–Crippen MR) is 88.3 cm³/mol. The molecule has 0 aromatic rings. The first-order chi connectivity index (χ1) is 10.4. The van der Waals surface area contributed by atoms with Crippen molar-refractivity contribution in [3.63, 3.8) is 0 Å². The summed E-state index contributed by atoms with van der Waals surface area (Å²) in [5, 5.41) is 8.75. The lowest BCUT2D eigenvalue weighted by Gasteiger charge is -2.20. The third-order valence-corrected chi connectivity index (χ3v) is 2.86. The molecule has 1 atom stereocenters. The van der Waals surface area contributed by atoms with Crippen LogP contribution in [-0.2, 0) is 9.59 Å². The highest BCUT2D eigenvalue weighted by Crippen LogP contribution is 2.00. The quantitative estimate of drug-likeness (QED) is 0.190. The number of hydrogen-bond donors (Lipinski definition) is 5. The molecule has 0 aromatic carbocycles. The second-order valence-corrected chi connectivity index (χ2v) is 5.32. The number of aliphatic imine (C=N–C) groups is 1. The van der Waals surface area contributed by atoms with Gasteiger partial charge in [0.1, 0.15) is 0 Å². The fourth-order valence-electron chi connectivity index (χ4n) is 1.83. The number of guanidine groups is 1. The van der Waals surface area contributed by atoms with Crippen LogP contribution in [0.3, 0.4) is 0 Å². The number of rotatable bonds is 11. The van der Waals surface area contributed by atoms with E-state index in [1.54, 1.807) is 6.92 Å². The molecular formula is C14H30N6O2. The number of carbonyl (C=O) groups excluding carboxylic acids is 2. The summed E-state index contributed by atoms with van der Waals surface area (Å²) in [6, 6.07) is -0.102. The van der Waals surface area contributed by atoms with Gasteiger partial charge in [-0.2, -0.15) is 0 Å². The topological polar surface area (TPSA) is 135 Å². The summed E-state index contributed by atoms with van der Waals surface area (Å²) in [4.78, 5) is 27.2. The average molecular weight is 314 g/mol. The molecule has 7 N–H and O–H groups in total. The molecule has 0 saturated carbocycles. The van der Waals surface area contributed by atoms with Gasteiger partial charge in [-0.25, -0.2) is 0 Å². The highest BCUT2D eigenvalue weighted by atomic mass is 16.2. The molecule has 0 aliphatic carbocycles. The molecule has 0 heterocycles. The van der Waals surface area contributed by atoms with Gasteiger partial charge in [-0.3, -0.25) is 14.6 Å². The lowest BCUT2D eigenvalue weighted by Crippen LogP contribution is -2.48. The Morgan fingerprint density at radius 2 is 1.77 bits per heavy atom. The zero-order valence-electron chi connectivity index (χ0n) is 13.8. The lowest BCUT2D eigenvalue weighted by atomic mass is 10.1. The summed E-state index contributed by atoms with van der Waals surface area (Å²) < 4.78 is 0. The van der Waals surface area contributed by atoms with E-state index in [-0.39, 0.29) is 29.9 Å². The molecule has 0 aliphatic rings. The Morgan fingerprint density at radius 1 is 1.14 bits per heavy atom. The molecule has 0 aromatic heterocycles. The molecule has 0 bridgehead atoms. The molecule has 0 fully saturated rings. The Kier molecular flexibility index (Phi) is 10.8. The fraction of sp³-hybridized carbons (Fsp3) is 0.786. The zero-order chi connectivity index (χ0) is 17.0. The van der Waals surface area contributed by atoms with Crippen LogP contribution in [0.1, 0.15) is 40.0 Å². The van der Waals surface area contributed by atoms with Crippen molar-refractivity contribution in [2.75, 3.05) is 19.6 Å². The number of nitrogens with zero attached hydrogens (tertiary/aromatic N) is 1. The maximum atomic E-state index is 12.1. The van der Waals surface area contributed by atoms with Crippen LogP contribution < -0.4 is 27.4 Å². The minimum atomic E-state index is -0.295. The summed E-state index contributed by atoms with van der Waals surface area (Å²) >= 11 is 0. The first-order valence-electron chi connectivity index (χ1n) is 7.72. The minimum Gasteiger partial charge on any atom is -0.370 e. The van der Waals surface area contributed by atoms with E-state index in [1.807, 2.05) is 13.8 Å². The Labute approximate surface area is 132 Å². The van der Waals surface area contributed by atoms with Gasteiger partial charge in [-0.05, 0) is 12.8 Å². The Morgan fingerprint density at radius 3 is 2.32 bits per heavy atom. The maximum Gasteiger partial charge on any atom is 0.237 e. The average Bonchev–Trinajstić information content (AvgIpc) is 2.45. The van der Waals surface area contributed by atoms with Crippen molar-refractivity contribution < 1.29 is 9.59 Å². The van der Waals surface area contributed by atoms with E-state index >= 15 is 0 Å². The van der Waals surface area contributed by atoms with E-state index in [9.17, 15) is 9.59 Å². The first kappa shape index (κ1) is 20.2. The van der Waals surface area contributed by atoms with Gasteiger partial charge in [0.15, 0.2) is 5.96 Å². The van der Waals surface area contributed by atoms with Crippen molar-refractivity contribution in [2.45, 2.75) is 52.1 Å². The summed E-state index contributed by atoms with van der Waals surface area (Å²) in [6.45, 7) is 7.09. The minimum absolute atomic E-state index is 0.0247. The largest absolute Gasteiger partial charge is 0.370 e. The van der Waals surface area contributed by atoms with E-state index in [1.165, 1.54) is 0 Å². The molecule has 0 rings (SSSR count). The SMILES string of the molecule is CCC(=O)NCCNC(=O)[C@H](CCCN=C(N)N)NC(C)C. The van der Waals surface area contributed by atoms with Crippen LogP contribution in [0.25, 0.3) is 0 Å². The van der Waals surface area contributed by atoms with Crippen molar-refractivity contribution in [1.29, 1.82) is 0 Å². The molecule has 0 saturated heterocycles. The van der Waals surface area contributed by atoms with E-state index in [0.717, 1.165) is 0 Å². The van der Waals surface area contributed by atoms with Gasteiger partial charge >= 0.3 is 0 Å². The molecule has 0 radical (unpaired) electrons. The van der Waals surface area contributed by atoms with E-state index in [0.29, 0.717) is 38.9 Å². The third kappa shape index (κ3) is 10.9. The van der Waals surface area contributed by atoms with Crippen molar-refractivity contribution in [1.82, 2.24) is 16.0 Å². The van der Waals surface area contributed by atoms with Gasteiger partial charge in [0.25, 0.3) is 0 Å². The molecule has 22 heavy (non-hydrogen) atoms. The maximum absolute atomic E-state index is 12.1. The number of nitrogens with one attached hydrogen (secondary N) is 3. The van der Waals surface area contributed by atoms with Crippen molar-refractivity contribution in [2.24, 2.45) is 16.5 Å². The normalized spacial score (nSPS) is 11.8. The van der Waals surface area contributed by atoms with E-state index in [4.69, 9.17) is 11.5 Å². The molecular weight excluding hydrogens is 284 g/mol. The van der Waals surface area contributed by atoms with Gasteiger partial charge < -0.3 is 27.4 Å². The number of nitrogens with two attached hydrogens (primary N) is 2.